The maximum atomic E-state index is 12.4. The zero-order valence-corrected chi connectivity index (χ0v) is 12.9. The van der Waals surface area contributed by atoms with Crippen LogP contribution in [0.3, 0.4) is 0 Å². The van der Waals surface area contributed by atoms with E-state index < -0.39 is 5.91 Å². The first-order valence-corrected chi connectivity index (χ1v) is 7.24. The summed E-state index contributed by atoms with van der Waals surface area (Å²) in [6.45, 7) is 0. The van der Waals surface area contributed by atoms with Crippen molar-refractivity contribution in [2.24, 2.45) is 5.16 Å². The number of hydrogen-bond donors (Lipinski definition) is 2. The standard InChI is InChI=1S/C16H11BrN2O3/c17-11-5-7-12(8-6-11)18-15(20)13-9-10-3-1-2-4-14(10)22-16(13)19-21/h1-9,21H,(H,18,20)/b19-16+. The molecule has 0 bridgehead atoms. The first kappa shape index (κ1) is 14.3. The van der Waals surface area contributed by atoms with Crippen LogP contribution in [0.15, 0.2) is 68.6 Å². The van der Waals surface area contributed by atoms with Crippen LogP contribution in [-0.4, -0.2) is 11.1 Å². The first-order chi connectivity index (χ1) is 10.7. The fourth-order valence-electron chi connectivity index (χ4n) is 2.04. The molecule has 0 aliphatic heterocycles. The van der Waals surface area contributed by atoms with Crippen molar-refractivity contribution in [2.45, 2.75) is 0 Å². The number of rotatable bonds is 2. The summed E-state index contributed by atoms with van der Waals surface area (Å²) >= 11 is 3.33. The highest BCUT2D eigenvalue weighted by molar-refractivity contribution is 9.10. The molecular formula is C16H11BrN2O3. The third-order valence-electron chi connectivity index (χ3n) is 3.09. The Hall–Kier alpha value is -2.60. The van der Waals surface area contributed by atoms with E-state index in [-0.39, 0.29) is 11.1 Å². The summed E-state index contributed by atoms with van der Waals surface area (Å²) in [5.41, 5.74) is 1.19. The molecule has 2 N–H and O–H groups in total. The summed E-state index contributed by atoms with van der Waals surface area (Å²) in [5, 5.41) is 15.6. The van der Waals surface area contributed by atoms with E-state index in [9.17, 15) is 4.79 Å². The van der Waals surface area contributed by atoms with E-state index >= 15 is 0 Å². The molecule has 0 unspecified atom stereocenters. The van der Waals surface area contributed by atoms with Crippen LogP contribution in [0.2, 0.25) is 0 Å². The molecule has 1 heterocycles. The van der Waals surface area contributed by atoms with Gasteiger partial charge in [0.1, 0.15) is 11.1 Å². The number of anilines is 1. The van der Waals surface area contributed by atoms with Crippen molar-refractivity contribution in [2.75, 3.05) is 5.32 Å². The molecule has 0 atom stereocenters. The number of nitrogens with one attached hydrogen (secondary N) is 1. The number of carbonyl (C=O) groups excluding carboxylic acids is 1. The topological polar surface area (TPSA) is 74.8 Å². The van der Waals surface area contributed by atoms with Crippen molar-refractivity contribution < 1.29 is 14.4 Å². The fourth-order valence-corrected chi connectivity index (χ4v) is 2.30. The lowest BCUT2D eigenvalue weighted by Crippen LogP contribution is -2.21. The third-order valence-corrected chi connectivity index (χ3v) is 3.62. The molecule has 22 heavy (non-hydrogen) atoms. The summed E-state index contributed by atoms with van der Waals surface area (Å²) in [7, 11) is 0. The van der Waals surface area contributed by atoms with Crippen molar-refractivity contribution in [1.82, 2.24) is 0 Å². The Bertz CT molecular complexity index is 901. The molecule has 0 spiro atoms. The largest absolute Gasteiger partial charge is 0.435 e. The molecular weight excluding hydrogens is 348 g/mol. The fraction of sp³-hybridized carbons (Fsp3) is 0. The minimum absolute atomic E-state index is 0.131. The highest BCUT2D eigenvalue weighted by Gasteiger charge is 2.13. The van der Waals surface area contributed by atoms with Crippen LogP contribution in [0, 0.1) is 0 Å². The monoisotopic (exact) mass is 358 g/mol. The molecule has 0 saturated carbocycles. The van der Waals surface area contributed by atoms with Gasteiger partial charge in [-0.2, -0.15) is 0 Å². The Morgan fingerprint density at radius 1 is 1.14 bits per heavy atom. The molecule has 1 amide bonds. The Morgan fingerprint density at radius 3 is 2.59 bits per heavy atom. The van der Waals surface area contributed by atoms with Gasteiger partial charge in [0.25, 0.3) is 11.5 Å². The maximum absolute atomic E-state index is 12.4. The zero-order valence-electron chi connectivity index (χ0n) is 11.3. The Labute approximate surface area is 134 Å². The number of benzene rings is 2. The van der Waals surface area contributed by atoms with Crippen LogP contribution in [0.5, 0.6) is 0 Å². The van der Waals surface area contributed by atoms with Gasteiger partial charge < -0.3 is 14.9 Å². The van der Waals surface area contributed by atoms with Crippen LogP contribution in [0.1, 0.15) is 10.4 Å². The second kappa shape index (κ2) is 6.03. The zero-order chi connectivity index (χ0) is 15.5. The summed E-state index contributed by atoms with van der Waals surface area (Å²) in [6.07, 6.45) is 0. The number of nitrogens with zero attached hydrogens (tertiary/aromatic N) is 1. The average molecular weight is 359 g/mol. The predicted molar refractivity (Wildman–Crippen MR) is 85.7 cm³/mol. The second-order valence-electron chi connectivity index (χ2n) is 4.56. The van der Waals surface area contributed by atoms with E-state index in [1.54, 1.807) is 30.3 Å². The van der Waals surface area contributed by atoms with Gasteiger partial charge in [-0.3, -0.25) is 4.79 Å². The molecule has 0 aliphatic rings. The van der Waals surface area contributed by atoms with Crippen molar-refractivity contribution in [3.8, 4) is 0 Å². The summed E-state index contributed by atoms with van der Waals surface area (Å²) in [6, 6.07) is 16.0. The van der Waals surface area contributed by atoms with E-state index in [1.807, 2.05) is 24.3 Å². The van der Waals surface area contributed by atoms with Crippen molar-refractivity contribution in [3.63, 3.8) is 0 Å². The third kappa shape index (κ3) is 2.87. The molecule has 0 radical (unpaired) electrons. The Kier molecular flexibility index (Phi) is 3.93. The van der Waals surface area contributed by atoms with Gasteiger partial charge in [0, 0.05) is 15.5 Å². The number of carbonyl (C=O) groups is 1. The average Bonchev–Trinajstić information content (AvgIpc) is 2.55. The summed E-state index contributed by atoms with van der Waals surface area (Å²) < 4.78 is 6.35. The molecule has 110 valence electrons. The molecule has 0 saturated heterocycles. The normalized spacial score (nSPS) is 11.6. The SMILES string of the molecule is O=C(Nc1ccc(Br)cc1)c1cc2ccccc2o/c1=N/O. The second-order valence-corrected chi connectivity index (χ2v) is 5.48. The molecule has 5 nitrogen and oxygen atoms in total. The molecule has 0 aliphatic carbocycles. The van der Waals surface area contributed by atoms with Crippen LogP contribution in [0.25, 0.3) is 11.0 Å². The number of halogens is 1. The van der Waals surface area contributed by atoms with Gasteiger partial charge in [-0.15, -0.1) is 0 Å². The van der Waals surface area contributed by atoms with Gasteiger partial charge >= 0.3 is 0 Å². The molecule has 6 heteroatoms. The lowest BCUT2D eigenvalue weighted by Gasteiger charge is -2.06. The maximum Gasteiger partial charge on any atom is 0.268 e. The lowest BCUT2D eigenvalue weighted by atomic mass is 10.1. The first-order valence-electron chi connectivity index (χ1n) is 6.45. The van der Waals surface area contributed by atoms with E-state index in [0.717, 1.165) is 9.86 Å². The summed E-state index contributed by atoms with van der Waals surface area (Å²) in [5.74, 6) is -0.412. The smallest absolute Gasteiger partial charge is 0.268 e. The van der Waals surface area contributed by atoms with Crippen LogP contribution < -0.4 is 10.9 Å². The van der Waals surface area contributed by atoms with Crippen molar-refractivity contribution in [3.05, 3.63) is 70.2 Å². The van der Waals surface area contributed by atoms with E-state index in [0.29, 0.717) is 11.3 Å². The van der Waals surface area contributed by atoms with Gasteiger partial charge in [0.2, 0.25) is 0 Å². The van der Waals surface area contributed by atoms with Gasteiger partial charge in [0.15, 0.2) is 0 Å². The molecule has 3 rings (SSSR count). The lowest BCUT2D eigenvalue weighted by molar-refractivity contribution is 0.102. The number of hydrogen-bond acceptors (Lipinski definition) is 4. The van der Waals surface area contributed by atoms with E-state index in [2.05, 4.69) is 26.4 Å². The highest BCUT2D eigenvalue weighted by atomic mass is 79.9. The quantitative estimate of drug-likeness (QED) is 0.541. The minimum Gasteiger partial charge on any atom is -0.435 e. The van der Waals surface area contributed by atoms with Crippen LogP contribution >= 0.6 is 15.9 Å². The molecule has 3 aromatic rings. The molecule has 1 aromatic heterocycles. The van der Waals surface area contributed by atoms with Crippen LogP contribution in [0.4, 0.5) is 5.69 Å². The number of fused-ring (bicyclic) bond motifs is 1. The van der Waals surface area contributed by atoms with Gasteiger partial charge in [-0.1, -0.05) is 34.1 Å². The highest BCUT2D eigenvalue weighted by Crippen LogP contribution is 2.16. The molecule has 2 aromatic carbocycles. The van der Waals surface area contributed by atoms with Gasteiger partial charge in [-0.25, -0.2) is 0 Å². The van der Waals surface area contributed by atoms with Crippen LogP contribution in [-0.2, 0) is 0 Å². The minimum atomic E-state index is -0.412. The Balaban J connectivity index is 2.01. The Morgan fingerprint density at radius 2 is 1.86 bits per heavy atom. The van der Waals surface area contributed by atoms with Crippen molar-refractivity contribution in [1.29, 1.82) is 0 Å². The summed E-state index contributed by atoms with van der Waals surface area (Å²) in [4.78, 5) is 12.4. The number of amides is 1. The van der Waals surface area contributed by atoms with Crippen molar-refractivity contribution >= 4 is 38.5 Å². The number of para-hydroxylation sites is 1. The van der Waals surface area contributed by atoms with E-state index in [4.69, 9.17) is 9.62 Å². The van der Waals surface area contributed by atoms with E-state index in [1.165, 1.54) is 0 Å². The van der Waals surface area contributed by atoms with Gasteiger partial charge in [0.05, 0.1) is 0 Å². The van der Waals surface area contributed by atoms with Gasteiger partial charge in [-0.05, 0) is 41.6 Å². The molecule has 0 fully saturated rings. The predicted octanol–water partition coefficient (Wildman–Crippen LogP) is 3.74.